The Kier molecular flexibility index (Phi) is 5.40. The minimum absolute atomic E-state index is 0.444. The first kappa shape index (κ1) is 14.5. The molecule has 0 fully saturated rings. The number of ether oxygens (including phenoxy) is 1. The maximum absolute atomic E-state index is 6.00. The van der Waals surface area contributed by atoms with Crippen LogP contribution < -0.4 is 4.74 Å². The van der Waals surface area contributed by atoms with E-state index in [0.29, 0.717) is 5.88 Å². The number of nitrogens with zero attached hydrogens (tertiary/aromatic N) is 2. The largest absolute Gasteiger partial charge is 0.497 e. The molecule has 0 spiro atoms. The average molecular weight is 299 g/mol. The summed E-state index contributed by atoms with van der Waals surface area (Å²) in [6, 6.07) is 6.00. The van der Waals surface area contributed by atoms with Gasteiger partial charge < -0.3 is 9.30 Å². The molecule has 5 heteroatoms. The summed E-state index contributed by atoms with van der Waals surface area (Å²) in [5, 5.41) is 0. The molecule has 104 valence electrons. The van der Waals surface area contributed by atoms with E-state index in [-0.39, 0.29) is 0 Å². The van der Waals surface area contributed by atoms with Gasteiger partial charge in [0.2, 0.25) is 0 Å². The molecular weight excluding hydrogens is 280 g/mol. The molecule has 2 aromatic rings. The van der Waals surface area contributed by atoms with Crippen LogP contribution in [0, 0.1) is 0 Å². The molecule has 1 aromatic carbocycles. The zero-order chi connectivity index (χ0) is 13.7. The molecule has 0 saturated heterocycles. The van der Waals surface area contributed by atoms with Crippen LogP contribution in [-0.4, -0.2) is 28.7 Å². The predicted octanol–water partition coefficient (Wildman–Crippen LogP) is 3.93. The van der Waals surface area contributed by atoms with E-state index < -0.39 is 0 Å². The first-order chi connectivity index (χ1) is 9.30. The Balaban J connectivity index is 2.24. The molecule has 2 rings (SSSR count). The zero-order valence-electron chi connectivity index (χ0n) is 11.4. The van der Waals surface area contributed by atoms with Crippen molar-refractivity contribution in [2.45, 2.75) is 25.3 Å². The summed E-state index contributed by atoms with van der Waals surface area (Å²) in [5.41, 5.74) is 2.10. The minimum Gasteiger partial charge on any atom is -0.497 e. The summed E-state index contributed by atoms with van der Waals surface area (Å²) in [7, 11) is 1.67. The summed E-state index contributed by atoms with van der Waals surface area (Å²) in [6.45, 7) is 0.978. The van der Waals surface area contributed by atoms with E-state index in [9.17, 15) is 0 Å². The third kappa shape index (κ3) is 3.37. The summed E-state index contributed by atoms with van der Waals surface area (Å²) in [4.78, 5) is 4.58. The van der Waals surface area contributed by atoms with Crippen molar-refractivity contribution in [3.63, 3.8) is 0 Å². The summed E-state index contributed by atoms with van der Waals surface area (Å²) < 4.78 is 7.46. The number of methoxy groups -OCH3 is 1. The number of halogens is 1. The second kappa shape index (κ2) is 7.06. The molecule has 0 saturated carbocycles. The summed E-state index contributed by atoms with van der Waals surface area (Å²) in [6.07, 6.45) is 4.52. The highest BCUT2D eigenvalue weighted by Gasteiger charge is 2.10. The maximum atomic E-state index is 6.00. The van der Waals surface area contributed by atoms with E-state index >= 15 is 0 Å². The van der Waals surface area contributed by atoms with Crippen molar-refractivity contribution in [3.8, 4) is 5.75 Å². The fourth-order valence-corrected chi connectivity index (χ4v) is 2.85. The Labute approximate surface area is 123 Å². The minimum atomic E-state index is 0.444. The van der Waals surface area contributed by atoms with Crippen molar-refractivity contribution in [2.75, 3.05) is 19.1 Å². The molecule has 0 aliphatic heterocycles. The van der Waals surface area contributed by atoms with Crippen LogP contribution in [0.2, 0.25) is 0 Å². The predicted molar refractivity (Wildman–Crippen MR) is 83.5 cm³/mol. The number of thioether (sulfide) groups is 1. The number of unbranched alkanes of at least 4 members (excludes halogenated alkanes) is 1. The number of rotatable bonds is 7. The molecule has 1 aromatic heterocycles. The van der Waals surface area contributed by atoms with Gasteiger partial charge in [-0.1, -0.05) is 0 Å². The lowest BCUT2D eigenvalue weighted by molar-refractivity contribution is 0.415. The molecule has 0 aliphatic carbocycles. The van der Waals surface area contributed by atoms with Crippen LogP contribution in [0.25, 0.3) is 11.0 Å². The van der Waals surface area contributed by atoms with Crippen molar-refractivity contribution in [1.29, 1.82) is 0 Å². The highest BCUT2D eigenvalue weighted by molar-refractivity contribution is 7.98. The first-order valence-corrected chi connectivity index (χ1v) is 8.31. The number of aromatic nitrogens is 2. The Bertz CT molecular complexity index is 541. The van der Waals surface area contributed by atoms with E-state index in [0.717, 1.165) is 35.6 Å². The standard InChI is InChI=1S/C14H19ClN2OS/c1-18-11-5-6-13-12(9-11)16-14(10-15)17(13)7-3-4-8-19-2/h5-6,9H,3-4,7-8,10H2,1-2H3. The van der Waals surface area contributed by atoms with Crippen LogP contribution in [0.15, 0.2) is 18.2 Å². The van der Waals surface area contributed by atoms with E-state index in [1.807, 2.05) is 23.9 Å². The second-order valence-electron chi connectivity index (χ2n) is 4.37. The molecule has 1 heterocycles. The molecule has 19 heavy (non-hydrogen) atoms. The van der Waals surface area contributed by atoms with Gasteiger partial charge in [0.05, 0.1) is 24.0 Å². The van der Waals surface area contributed by atoms with Crippen LogP contribution in [0.4, 0.5) is 0 Å². The van der Waals surface area contributed by atoms with Gasteiger partial charge in [-0.15, -0.1) is 11.6 Å². The quantitative estimate of drug-likeness (QED) is 0.572. The monoisotopic (exact) mass is 298 g/mol. The normalized spacial score (nSPS) is 11.1. The molecule has 0 aliphatic rings. The van der Waals surface area contributed by atoms with Gasteiger partial charge in [-0.05, 0) is 37.0 Å². The van der Waals surface area contributed by atoms with Crippen molar-refractivity contribution >= 4 is 34.4 Å². The van der Waals surface area contributed by atoms with Crippen molar-refractivity contribution < 1.29 is 4.74 Å². The fraction of sp³-hybridized carbons (Fsp3) is 0.500. The molecule has 0 amide bonds. The number of aryl methyl sites for hydroxylation is 1. The van der Waals surface area contributed by atoms with Crippen molar-refractivity contribution in [3.05, 3.63) is 24.0 Å². The Morgan fingerprint density at radius 2 is 2.21 bits per heavy atom. The van der Waals surface area contributed by atoms with E-state index in [1.165, 1.54) is 12.2 Å². The molecule has 0 atom stereocenters. The molecular formula is C14H19ClN2OS. The van der Waals surface area contributed by atoms with Gasteiger partial charge >= 0.3 is 0 Å². The van der Waals surface area contributed by atoms with Crippen LogP contribution in [-0.2, 0) is 12.4 Å². The van der Waals surface area contributed by atoms with Crippen molar-refractivity contribution in [2.24, 2.45) is 0 Å². The lowest BCUT2D eigenvalue weighted by atomic mass is 10.3. The SMILES string of the molecule is COc1ccc2c(c1)nc(CCl)n2CCCCSC. The smallest absolute Gasteiger partial charge is 0.124 e. The van der Waals surface area contributed by atoms with E-state index in [4.69, 9.17) is 16.3 Å². The van der Waals surface area contributed by atoms with Crippen LogP contribution >= 0.6 is 23.4 Å². The van der Waals surface area contributed by atoms with Gasteiger partial charge in [0.15, 0.2) is 0 Å². The number of hydrogen-bond donors (Lipinski definition) is 0. The maximum Gasteiger partial charge on any atom is 0.124 e. The number of fused-ring (bicyclic) bond motifs is 1. The number of imidazole rings is 1. The number of hydrogen-bond acceptors (Lipinski definition) is 3. The van der Waals surface area contributed by atoms with Gasteiger partial charge in [-0.25, -0.2) is 4.98 Å². The molecule has 0 radical (unpaired) electrons. The number of benzene rings is 1. The van der Waals surface area contributed by atoms with E-state index in [2.05, 4.69) is 21.9 Å². The summed E-state index contributed by atoms with van der Waals surface area (Å²) >= 11 is 7.89. The van der Waals surface area contributed by atoms with E-state index in [1.54, 1.807) is 7.11 Å². The van der Waals surface area contributed by atoms with Gasteiger partial charge in [0.25, 0.3) is 0 Å². The van der Waals surface area contributed by atoms with Crippen LogP contribution in [0.3, 0.4) is 0 Å². The molecule has 0 bridgehead atoms. The topological polar surface area (TPSA) is 27.1 Å². The Morgan fingerprint density at radius 1 is 1.37 bits per heavy atom. The molecule has 3 nitrogen and oxygen atoms in total. The third-order valence-electron chi connectivity index (χ3n) is 3.13. The summed E-state index contributed by atoms with van der Waals surface area (Å²) in [5.74, 6) is 3.42. The molecule has 0 unspecified atom stereocenters. The van der Waals surface area contributed by atoms with Crippen molar-refractivity contribution in [1.82, 2.24) is 9.55 Å². The highest BCUT2D eigenvalue weighted by Crippen LogP contribution is 2.23. The first-order valence-electron chi connectivity index (χ1n) is 6.38. The van der Waals surface area contributed by atoms with Gasteiger partial charge in [0, 0.05) is 12.6 Å². The lowest BCUT2D eigenvalue weighted by Gasteiger charge is -2.07. The van der Waals surface area contributed by atoms with Gasteiger partial charge in [-0.3, -0.25) is 0 Å². The van der Waals surface area contributed by atoms with Crippen LogP contribution in [0.5, 0.6) is 5.75 Å². The van der Waals surface area contributed by atoms with Crippen LogP contribution in [0.1, 0.15) is 18.7 Å². The third-order valence-corrected chi connectivity index (χ3v) is 4.07. The van der Waals surface area contributed by atoms with Gasteiger partial charge in [-0.2, -0.15) is 11.8 Å². The fourth-order valence-electron chi connectivity index (χ4n) is 2.15. The average Bonchev–Trinajstić information content (AvgIpc) is 2.80. The lowest BCUT2D eigenvalue weighted by Crippen LogP contribution is -2.02. The highest BCUT2D eigenvalue weighted by atomic mass is 35.5. The Morgan fingerprint density at radius 3 is 2.89 bits per heavy atom. The van der Waals surface area contributed by atoms with Gasteiger partial charge in [0.1, 0.15) is 11.6 Å². The Hall–Kier alpha value is -0.870. The number of alkyl halides is 1. The molecule has 0 N–H and O–H groups in total. The zero-order valence-corrected chi connectivity index (χ0v) is 12.9. The second-order valence-corrected chi connectivity index (χ2v) is 5.62.